The SMILES string of the molecule is Cc1cccc(NC(=O)COC(=O)[C@@H](NC(=O)OCc2ccccc2)C(C)C)c1. The number of benzene rings is 2. The van der Waals surface area contributed by atoms with Gasteiger partial charge >= 0.3 is 12.1 Å². The second-order valence-electron chi connectivity index (χ2n) is 6.95. The van der Waals surface area contributed by atoms with Gasteiger partial charge in [0.05, 0.1) is 0 Å². The molecule has 0 saturated heterocycles. The van der Waals surface area contributed by atoms with Crippen molar-refractivity contribution in [3.8, 4) is 0 Å². The smallest absolute Gasteiger partial charge is 0.408 e. The third-order valence-electron chi connectivity index (χ3n) is 4.05. The number of carbonyl (C=O) groups is 3. The van der Waals surface area contributed by atoms with E-state index in [9.17, 15) is 14.4 Å². The summed E-state index contributed by atoms with van der Waals surface area (Å²) in [5.41, 5.74) is 2.45. The average Bonchev–Trinajstić information content (AvgIpc) is 2.69. The minimum Gasteiger partial charge on any atom is -0.454 e. The van der Waals surface area contributed by atoms with Crippen molar-refractivity contribution in [1.82, 2.24) is 5.32 Å². The maximum absolute atomic E-state index is 12.3. The molecule has 154 valence electrons. The Morgan fingerprint density at radius 3 is 2.34 bits per heavy atom. The molecule has 0 spiro atoms. The fourth-order valence-corrected chi connectivity index (χ4v) is 2.54. The summed E-state index contributed by atoms with van der Waals surface area (Å²) in [5, 5.41) is 5.16. The van der Waals surface area contributed by atoms with E-state index in [1.807, 2.05) is 49.4 Å². The van der Waals surface area contributed by atoms with Crippen LogP contribution in [0.25, 0.3) is 0 Å². The van der Waals surface area contributed by atoms with Crippen LogP contribution in [0.1, 0.15) is 25.0 Å². The lowest BCUT2D eigenvalue weighted by molar-refractivity contribution is -0.150. The lowest BCUT2D eigenvalue weighted by Crippen LogP contribution is -2.46. The van der Waals surface area contributed by atoms with Gasteiger partial charge in [-0.25, -0.2) is 9.59 Å². The highest BCUT2D eigenvalue weighted by molar-refractivity contribution is 5.93. The Labute approximate surface area is 170 Å². The summed E-state index contributed by atoms with van der Waals surface area (Å²) in [6.07, 6.45) is -0.728. The second-order valence-corrected chi connectivity index (χ2v) is 6.95. The third-order valence-corrected chi connectivity index (χ3v) is 4.05. The van der Waals surface area contributed by atoms with Crippen LogP contribution in [0.5, 0.6) is 0 Å². The highest BCUT2D eigenvalue weighted by atomic mass is 16.6. The molecule has 2 aromatic carbocycles. The third kappa shape index (κ3) is 7.65. The van der Waals surface area contributed by atoms with Crippen LogP contribution in [0, 0.1) is 12.8 Å². The van der Waals surface area contributed by atoms with Gasteiger partial charge in [0, 0.05) is 5.69 Å². The molecule has 29 heavy (non-hydrogen) atoms. The van der Waals surface area contributed by atoms with Crippen molar-refractivity contribution in [3.05, 3.63) is 65.7 Å². The molecule has 0 bridgehead atoms. The summed E-state index contributed by atoms with van der Waals surface area (Å²) >= 11 is 0. The number of hydrogen-bond acceptors (Lipinski definition) is 5. The Morgan fingerprint density at radius 2 is 1.69 bits per heavy atom. The maximum Gasteiger partial charge on any atom is 0.408 e. The first-order valence-electron chi connectivity index (χ1n) is 9.35. The van der Waals surface area contributed by atoms with Crippen LogP contribution >= 0.6 is 0 Å². The van der Waals surface area contributed by atoms with E-state index in [4.69, 9.17) is 9.47 Å². The Morgan fingerprint density at radius 1 is 0.966 bits per heavy atom. The van der Waals surface area contributed by atoms with E-state index < -0.39 is 30.6 Å². The largest absolute Gasteiger partial charge is 0.454 e. The molecule has 7 nitrogen and oxygen atoms in total. The van der Waals surface area contributed by atoms with Crippen molar-refractivity contribution in [1.29, 1.82) is 0 Å². The molecule has 0 radical (unpaired) electrons. The summed E-state index contributed by atoms with van der Waals surface area (Å²) in [6, 6.07) is 15.5. The van der Waals surface area contributed by atoms with E-state index in [0.29, 0.717) is 5.69 Å². The Balaban J connectivity index is 1.81. The summed E-state index contributed by atoms with van der Waals surface area (Å²) in [4.78, 5) is 36.4. The first-order chi connectivity index (χ1) is 13.8. The second kappa shape index (κ2) is 10.8. The lowest BCUT2D eigenvalue weighted by Gasteiger charge is -2.20. The molecule has 2 amide bonds. The van der Waals surface area contributed by atoms with Crippen molar-refractivity contribution in [2.45, 2.75) is 33.4 Å². The molecule has 0 fully saturated rings. The summed E-state index contributed by atoms with van der Waals surface area (Å²) in [6.45, 7) is 5.07. The number of aryl methyl sites for hydroxylation is 1. The highest BCUT2D eigenvalue weighted by Crippen LogP contribution is 2.10. The fraction of sp³-hybridized carbons (Fsp3) is 0.318. The number of anilines is 1. The van der Waals surface area contributed by atoms with E-state index >= 15 is 0 Å². The fourth-order valence-electron chi connectivity index (χ4n) is 2.54. The zero-order valence-electron chi connectivity index (χ0n) is 16.8. The van der Waals surface area contributed by atoms with E-state index in [1.54, 1.807) is 26.0 Å². The first kappa shape index (κ1) is 21.9. The number of carbonyl (C=O) groups excluding carboxylic acids is 3. The van der Waals surface area contributed by atoms with Crippen LogP contribution < -0.4 is 10.6 Å². The van der Waals surface area contributed by atoms with Crippen molar-refractivity contribution in [3.63, 3.8) is 0 Å². The number of esters is 1. The number of alkyl carbamates (subject to hydrolysis) is 1. The van der Waals surface area contributed by atoms with E-state index in [1.165, 1.54) is 0 Å². The Kier molecular flexibility index (Phi) is 8.21. The van der Waals surface area contributed by atoms with Crippen LogP contribution in [-0.2, 0) is 25.7 Å². The predicted molar refractivity (Wildman–Crippen MR) is 109 cm³/mol. The molecule has 0 unspecified atom stereocenters. The van der Waals surface area contributed by atoms with Gasteiger partial charge in [0.25, 0.3) is 5.91 Å². The molecule has 0 aliphatic heterocycles. The van der Waals surface area contributed by atoms with Gasteiger partial charge in [-0.3, -0.25) is 4.79 Å². The van der Waals surface area contributed by atoms with E-state index in [-0.39, 0.29) is 12.5 Å². The van der Waals surface area contributed by atoms with Gasteiger partial charge in [-0.05, 0) is 36.1 Å². The van der Waals surface area contributed by atoms with Gasteiger partial charge in [-0.2, -0.15) is 0 Å². The van der Waals surface area contributed by atoms with Gasteiger partial charge in [0.2, 0.25) is 0 Å². The molecular weight excluding hydrogens is 372 g/mol. The van der Waals surface area contributed by atoms with Gasteiger partial charge in [0.15, 0.2) is 6.61 Å². The van der Waals surface area contributed by atoms with Crippen LogP contribution in [-0.4, -0.2) is 30.6 Å². The minimum absolute atomic E-state index is 0.0887. The number of ether oxygens (including phenoxy) is 2. The summed E-state index contributed by atoms with van der Waals surface area (Å²) in [7, 11) is 0. The molecule has 0 aliphatic carbocycles. The van der Waals surface area contributed by atoms with E-state index in [0.717, 1.165) is 11.1 Å². The first-order valence-corrected chi connectivity index (χ1v) is 9.35. The Hall–Kier alpha value is -3.35. The van der Waals surface area contributed by atoms with E-state index in [2.05, 4.69) is 10.6 Å². The van der Waals surface area contributed by atoms with Crippen LogP contribution in [0.4, 0.5) is 10.5 Å². The van der Waals surface area contributed by atoms with Crippen LogP contribution in [0.3, 0.4) is 0 Å². The molecule has 2 rings (SSSR count). The molecule has 1 atom stereocenters. The van der Waals surface area contributed by atoms with Gasteiger partial charge in [0.1, 0.15) is 12.6 Å². The van der Waals surface area contributed by atoms with Crippen molar-refractivity contribution in [2.75, 3.05) is 11.9 Å². The number of hydrogen-bond donors (Lipinski definition) is 2. The standard InChI is InChI=1S/C22H26N2O5/c1-15(2)20(24-22(27)29-13-17-9-5-4-6-10-17)21(26)28-14-19(25)23-18-11-7-8-16(3)12-18/h4-12,15,20H,13-14H2,1-3H3,(H,23,25)(H,24,27)/t20-/m0/s1. The molecule has 0 saturated carbocycles. The Bertz CT molecular complexity index is 836. The summed E-state index contributed by atoms with van der Waals surface area (Å²) < 4.78 is 10.2. The molecular formula is C22H26N2O5. The normalized spacial score (nSPS) is 11.4. The maximum atomic E-state index is 12.3. The predicted octanol–water partition coefficient (Wildman–Crippen LogP) is 3.43. The molecule has 0 aliphatic rings. The van der Waals surface area contributed by atoms with Gasteiger partial charge in [-0.1, -0.05) is 56.3 Å². The summed E-state index contributed by atoms with van der Waals surface area (Å²) in [5.74, 6) is -1.40. The highest BCUT2D eigenvalue weighted by Gasteiger charge is 2.27. The topological polar surface area (TPSA) is 93.7 Å². The molecule has 0 aromatic heterocycles. The zero-order valence-corrected chi connectivity index (χ0v) is 16.8. The minimum atomic E-state index is -0.926. The number of amides is 2. The number of nitrogens with one attached hydrogen (secondary N) is 2. The molecule has 0 heterocycles. The van der Waals surface area contributed by atoms with Crippen LogP contribution in [0.15, 0.2) is 54.6 Å². The zero-order chi connectivity index (χ0) is 21.2. The van der Waals surface area contributed by atoms with Gasteiger partial charge < -0.3 is 20.1 Å². The van der Waals surface area contributed by atoms with Crippen molar-refractivity contribution < 1.29 is 23.9 Å². The van der Waals surface area contributed by atoms with Crippen molar-refractivity contribution in [2.24, 2.45) is 5.92 Å². The monoisotopic (exact) mass is 398 g/mol. The average molecular weight is 398 g/mol. The van der Waals surface area contributed by atoms with Crippen LogP contribution in [0.2, 0.25) is 0 Å². The lowest BCUT2D eigenvalue weighted by atomic mass is 10.1. The van der Waals surface area contributed by atoms with Gasteiger partial charge in [-0.15, -0.1) is 0 Å². The number of rotatable bonds is 8. The quantitative estimate of drug-likeness (QED) is 0.665. The molecule has 2 aromatic rings. The molecule has 7 heteroatoms. The molecule has 2 N–H and O–H groups in total. The van der Waals surface area contributed by atoms with Crippen molar-refractivity contribution >= 4 is 23.7 Å².